The van der Waals surface area contributed by atoms with E-state index in [-0.39, 0.29) is 6.10 Å². The van der Waals surface area contributed by atoms with Crippen LogP contribution in [0.1, 0.15) is 18.6 Å². The van der Waals surface area contributed by atoms with E-state index in [2.05, 4.69) is 110 Å². The first-order valence-corrected chi connectivity index (χ1v) is 10.4. The van der Waals surface area contributed by atoms with Gasteiger partial charge < -0.3 is 4.43 Å². The molecule has 0 fully saturated rings. The summed E-state index contributed by atoms with van der Waals surface area (Å²) in [6.45, 7) is 2.16. The van der Waals surface area contributed by atoms with Crippen LogP contribution in [0, 0.1) is 0 Å². The van der Waals surface area contributed by atoms with E-state index >= 15 is 0 Å². The van der Waals surface area contributed by atoms with Gasteiger partial charge in [0.05, 0.1) is 6.10 Å². The van der Waals surface area contributed by atoms with Crippen LogP contribution in [-0.2, 0) is 4.43 Å². The number of hydrogen-bond donors (Lipinski definition) is 0. The van der Waals surface area contributed by atoms with Crippen molar-refractivity contribution < 1.29 is 4.43 Å². The summed E-state index contributed by atoms with van der Waals surface area (Å²) >= 11 is 0. The van der Waals surface area contributed by atoms with Crippen molar-refractivity contribution in [2.75, 3.05) is 0 Å². The maximum atomic E-state index is 6.72. The first kappa shape index (κ1) is 16.8. The van der Waals surface area contributed by atoms with Gasteiger partial charge in [0.1, 0.15) is 0 Å². The largest absolute Gasteiger partial charge is 0.400 e. The Labute approximate surface area is 156 Å². The van der Waals surface area contributed by atoms with Gasteiger partial charge in [-0.25, -0.2) is 0 Å². The van der Waals surface area contributed by atoms with Crippen molar-refractivity contribution in [2.24, 2.45) is 0 Å². The van der Waals surface area contributed by atoms with Gasteiger partial charge in [-0.2, -0.15) is 0 Å². The second-order valence-corrected chi connectivity index (χ2v) is 8.44. The summed E-state index contributed by atoms with van der Waals surface area (Å²) in [5.74, 6) is 0. The Balaban J connectivity index is 1.71. The quantitative estimate of drug-likeness (QED) is 0.472. The van der Waals surface area contributed by atoms with Crippen LogP contribution >= 0.6 is 0 Å². The fourth-order valence-electron chi connectivity index (χ4n) is 3.33. The van der Waals surface area contributed by atoms with Crippen molar-refractivity contribution in [2.45, 2.75) is 13.0 Å². The number of hydrogen-bond acceptors (Lipinski definition) is 1. The third kappa shape index (κ3) is 3.48. The molecule has 0 aliphatic heterocycles. The monoisotopic (exact) mass is 353 g/mol. The minimum Gasteiger partial charge on any atom is -0.400 e. The molecule has 0 aliphatic carbocycles. The maximum absolute atomic E-state index is 6.72. The van der Waals surface area contributed by atoms with Crippen LogP contribution in [0.3, 0.4) is 0 Å². The number of benzene rings is 4. The lowest BCUT2D eigenvalue weighted by molar-refractivity contribution is 0.238. The maximum Gasteiger partial charge on any atom is 0.283 e. The van der Waals surface area contributed by atoms with Crippen LogP contribution in [0.5, 0.6) is 0 Å². The minimum absolute atomic E-state index is 0.0235. The van der Waals surface area contributed by atoms with E-state index in [9.17, 15) is 0 Å². The van der Waals surface area contributed by atoms with Crippen LogP contribution in [-0.4, -0.2) is 9.04 Å². The molecule has 127 valence electrons. The van der Waals surface area contributed by atoms with Crippen molar-refractivity contribution in [1.82, 2.24) is 0 Å². The summed E-state index contributed by atoms with van der Waals surface area (Å²) < 4.78 is 6.72. The Hall–Kier alpha value is -2.68. The Bertz CT molecular complexity index is 938. The third-order valence-electron chi connectivity index (χ3n) is 4.63. The van der Waals surface area contributed by atoms with Gasteiger partial charge in [0.2, 0.25) is 0 Å². The molecule has 0 spiro atoms. The topological polar surface area (TPSA) is 9.23 Å². The van der Waals surface area contributed by atoms with E-state index in [1.165, 1.54) is 26.7 Å². The normalized spacial score (nSPS) is 12.4. The van der Waals surface area contributed by atoms with Crippen molar-refractivity contribution in [3.05, 3.63) is 109 Å². The molecular formula is C24H21OSi. The van der Waals surface area contributed by atoms with Gasteiger partial charge in [-0.1, -0.05) is 103 Å². The van der Waals surface area contributed by atoms with Gasteiger partial charge in [0.15, 0.2) is 0 Å². The van der Waals surface area contributed by atoms with Crippen molar-refractivity contribution in [3.63, 3.8) is 0 Å². The van der Waals surface area contributed by atoms with Crippen molar-refractivity contribution in [3.8, 4) is 0 Å². The summed E-state index contributed by atoms with van der Waals surface area (Å²) in [7, 11) is -1.31. The molecule has 26 heavy (non-hydrogen) atoms. The lowest BCUT2D eigenvalue weighted by atomic mass is 10.0. The Morgan fingerprint density at radius 3 is 1.81 bits per heavy atom. The molecule has 0 heterocycles. The van der Waals surface area contributed by atoms with Crippen LogP contribution in [0.4, 0.5) is 0 Å². The van der Waals surface area contributed by atoms with Gasteiger partial charge in [0.25, 0.3) is 9.04 Å². The smallest absolute Gasteiger partial charge is 0.283 e. The fraction of sp³-hybridized carbons (Fsp3) is 0.0833. The molecule has 0 aromatic heterocycles. The Morgan fingerprint density at radius 1 is 0.615 bits per heavy atom. The standard InChI is InChI=1S/C24H21OSi/c1-19(23-18-10-12-20-11-8-9-17-24(20)23)25-26(21-13-4-2-5-14-21)22-15-6-3-7-16-22/h2-19H,1H3/t19-/m1/s1. The summed E-state index contributed by atoms with van der Waals surface area (Å²) in [5.41, 5.74) is 1.25. The Kier molecular flexibility index (Phi) is 4.96. The first-order valence-electron chi connectivity index (χ1n) is 8.95. The zero-order valence-electron chi connectivity index (χ0n) is 14.8. The SMILES string of the molecule is C[C@@H](O[Si](c1ccccc1)c1ccccc1)c1cccc2ccccc12. The number of fused-ring (bicyclic) bond motifs is 1. The molecule has 4 rings (SSSR count). The Morgan fingerprint density at radius 2 is 1.15 bits per heavy atom. The zero-order chi connectivity index (χ0) is 17.8. The second-order valence-electron chi connectivity index (χ2n) is 6.39. The average Bonchev–Trinajstić information content (AvgIpc) is 2.72. The minimum atomic E-state index is -1.31. The van der Waals surface area contributed by atoms with Gasteiger partial charge in [0, 0.05) is 0 Å². The molecule has 0 saturated carbocycles. The van der Waals surface area contributed by atoms with Crippen LogP contribution in [0.15, 0.2) is 103 Å². The predicted molar refractivity (Wildman–Crippen MR) is 111 cm³/mol. The second kappa shape index (κ2) is 7.69. The van der Waals surface area contributed by atoms with E-state index in [1.54, 1.807) is 0 Å². The highest BCUT2D eigenvalue weighted by Crippen LogP contribution is 2.26. The van der Waals surface area contributed by atoms with Crippen LogP contribution < -0.4 is 10.4 Å². The molecule has 0 aliphatic rings. The highest BCUT2D eigenvalue weighted by molar-refractivity contribution is 6.80. The molecular weight excluding hydrogens is 332 g/mol. The molecule has 2 heteroatoms. The molecule has 1 radical (unpaired) electrons. The van der Waals surface area contributed by atoms with E-state index < -0.39 is 9.04 Å². The summed E-state index contributed by atoms with van der Waals surface area (Å²) in [5, 5.41) is 5.07. The van der Waals surface area contributed by atoms with Gasteiger partial charge in [-0.3, -0.25) is 0 Å². The summed E-state index contributed by atoms with van der Waals surface area (Å²) in [6, 6.07) is 36.2. The molecule has 1 nitrogen and oxygen atoms in total. The highest BCUT2D eigenvalue weighted by atomic mass is 28.3. The fourth-order valence-corrected chi connectivity index (χ4v) is 5.40. The lowest BCUT2D eigenvalue weighted by Gasteiger charge is -2.23. The van der Waals surface area contributed by atoms with Gasteiger partial charge >= 0.3 is 0 Å². The first-order chi connectivity index (χ1) is 12.8. The molecule has 0 bridgehead atoms. The van der Waals surface area contributed by atoms with Crippen LogP contribution in [0.25, 0.3) is 10.8 Å². The molecule has 0 unspecified atom stereocenters. The van der Waals surface area contributed by atoms with Gasteiger partial charge in [-0.15, -0.1) is 0 Å². The van der Waals surface area contributed by atoms with E-state index in [4.69, 9.17) is 4.43 Å². The molecule has 4 aromatic rings. The van der Waals surface area contributed by atoms with Gasteiger partial charge in [-0.05, 0) is 33.6 Å². The molecule has 4 aromatic carbocycles. The van der Waals surface area contributed by atoms with Crippen molar-refractivity contribution >= 4 is 30.2 Å². The molecule has 0 amide bonds. The molecule has 0 saturated heterocycles. The predicted octanol–water partition coefficient (Wildman–Crippen LogP) is 4.72. The third-order valence-corrected chi connectivity index (χ3v) is 6.93. The molecule has 0 N–H and O–H groups in total. The van der Waals surface area contributed by atoms with E-state index in [0.29, 0.717) is 0 Å². The summed E-state index contributed by atoms with van der Waals surface area (Å²) in [6.07, 6.45) is 0.0235. The number of rotatable bonds is 5. The zero-order valence-corrected chi connectivity index (χ0v) is 15.8. The summed E-state index contributed by atoms with van der Waals surface area (Å²) in [4.78, 5) is 0. The van der Waals surface area contributed by atoms with Crippen LogP contribution in [0.2, 0.25) is 0 Å². The molecule has 1 atom stereocenters. The van der Waals surface area contributed by atoms with E-state index in [1.807, 2.05) is 0 Å². The highest BCUT2D eigenvalue weighted by Gasteiger charge is 2.23. The average molecular weight is 354 g/mol. The van der Waals surface area contributed by atoms with E-state index in [0.717, 1.165) is 0 Å². The lowest BCUT2D eigenvalue weighted by Crippen LogP contribution is -2.45. The van der Waals surface area contributed by atoms with Crippen molar-refractivity contribution in [1.29, 1.82) is 0 Å².